The smallest absolute Gasteiger partial charge is 0.353 e. The van der Waals surface area contributed by atoms with Crippen molar-refractivity contribution in [2.75, 3.05) is 10.6 Å². The number of hydrogen-bond acceptors (Lipinski definition) is 6. The average molecular weight is 384 g/mol. The van der Waals surface area contributed by atoms with Crippen molar-refractivity contribution in [2.45, 2.75) is 19.5 Å². The van der Waals surface area contributed by atoms with Crippen molar-refractivity contribution in [2.24, 2.45) is 0 Å². The molecule has 2 aromatic carbocycles. The Morgan fingerprint density at radius 1 is 1.07 bits per heavy atom. The highest BCUT2D eigenvalue weighted by atomic mass is 35.5. The van der Waals surface area contributed by atoms with Crippen LogP contribution in [0.15, 0.2) is 60.9 Å². The summed E-state index contributed by atoms with van der Waals surface area (Å²) in [5, 5.41) is 18.3. The molecule has 3 rings (SSSR count). The highest BCUT2D eigenvalue weighted by molar-refractivity contribution is 6.31. The third kappa shape index (κ3) is 4.51. The lowest BCUT2D eigenvalue weighted by Crippen LogP contribution is -2.12. The van der Waals surface area contributed by atoms with E-state index in [0.29, 0.717) is 11.6 Å². The number of rotatable bonds is 7. The summed E-state index contributed by atoms with van der Waals surface area (Å²) in [6.45, 7) is 2.23. The lowest BCUT2D eigenvalue weighted by Gasteiger charge is -2.16. The first-order chi connectivity index (χ1) is 13.1. The first-order valence-electron chi connectivity index (χ1n) is 8.34. The van der Waals surface area contributed by atoms with Gasteiger partial charge in [-0.05, 0) is 24.1 Å². The van der Waals surface area contributed by atoms with E-state index in [9.17, 15) is 10.1 Å². The van der Waals surface area contributed by atoms with Crippen molar-refractivity contribution in [1.29, 1.82) is 0 Å². The molecule has 1 atom stereocenters. The fraction of sp³-hybridized carbons (Fsp3) is 0.158. The Bertz CT molecular complexity index is 936. The van der Waals surface area contributed by atoms with Crippen molar-refractivity contribution in [3.05, 3.63) is 87.2 Å². The van der Waals surface area contributed by atoms with Crippen LogP contribution in [-0.4, -0.2) is 14.9 Å². The van der Waals surface area contributed by atoms with Gasteiger partial charge in [0.1, 0.15) is 6.33 Å². The minimum Gasteiger partial charge on any atom is -0.360 e. The van der Waals surface area contributed by atoms with E-state index >= 15 is 0 Å². The number of aromatic nitrogens is 2. The second-order valence-electron chi connectivity index (χ2n) is 5.90. The van der Waals surface area contributed by atoms with E-state index in [-0.39, 0.29) is 23.4 Å². The Morgan fingerprint density at radius 3 is 2.44 bits per heavy atom. The monoisotopic (exact) mass is 383 g/mol. The molecular formula is C19H18ClN5O2. The zero-order valence-corrected chi connectivity index (χ0v) is 15.3. The van der Waals surface area contributed by atoms with Gasteiger partial charge in [0.15, 0.2) is 0 Å². The van der Waals surface area contributed by atoms with Crippen LogP contribution in [0.4, 0.5) is 17.3 Å². The Kier molecular flexibility index (Phi) is 5.83. The third-order valence-electron chi connectivity index (χ3n) is 4.06. The topological polar surface area (TPSA) is 93.0 Å². The number of nitro groups is 1. The molecule has 8 heteroatoms. The van der Waals surface area contributed by atoms with Crippen LogP contribution < -0.4 is 10.6 Å². The van der Waals surface area contributed by atoms with Crippen molar-refractivity contribution in [3.8, 4) is 0 Å². The second kappa shape index (κ2) is 8.46. The van der Waals surface area contributed by atoms with Crippen LogP contribution >= 0.6 is 11.6 Å². The number of anilines is 2. The fourth-order valence-corrected chi connectivity index (χ4v) is 2.84. The van der Waals surface area contributed by atoms with Crippen LogP contribution in [0.5, 0.6) is 0 Å². The molecule has 0 bridgehead atoms. The van der Waals surface area contributed by atoms with Crippen LogP contribution in [0.1, 0.15) is 24.1 Å². The molecule has 0 fully saturated rings. The summed E-state index contributed by atoms with van der Waals surface area (Å²) in [6.07, 6.45) is 1.29. The summed E-state index contributed by atoms with van der Waals surface area (Å²) < 4.78 is 0. The van der Waals surface area contributed by atoms with E-state index in [4.69, 9.17) is 11.6 Å². The van der Waals surface area contributed by atoms with E-state index in [0.717, 1.165) is 11.1 Å². The molecule has 0 saturated carbocycles. The summed E-state index contributed by atoms with van der Waals surface area (Å²) in [7, 11) is 0. The molecule has 0 aliphatic carbocycles. The van der Waals surface area contributed by atoms with Crippen molar-refractivity contribution >= 4 is 28.9 Å². The molecule has 27 heavy (non-hydrogen) atoms. The number of benzene rings is 2. The molecular weight excluding hydrogens is 366 g/mol. The molecule has 0 radical (unpaired) electrons. The first-order valence-corrected chi connectivity index (χ1v) is 8.72. The van der Waals surface area contributed by atoms with Gasteiger partial charge >= 0.3 is 5.69 Å². The van der Waals surface area contributed by atoms with E-state index in [1.165, 1.54) is 6.33 Å². The normalized spacial score (nSPS) is 11.6. The van der Waals surface area contributed by atoms with Gasteiger partial charge in [-0.25, -0.2) is 9.97 Å². The van der Waals surface area contributed by atoms with Gasteiger partial charge in [-0.2, -0.15) is 0 Å². The Balaban J connectivity index is 1.84. The summed E-state index contributed by atoms with van der Waals surface area (Å²) in [6, 6.07) is 16.8. The molecule has 1 unspecified atom stereocenters. The number of halogens is 1. The Labute approximate surface area is 161 Å². The zero-order valence-electron chi connectivity index (χ0n) is 14.6. The van der Waals surface area contributed by atoms with Gasteiger partial charge in [0.05, 0.1) is 11.0 Å². The molecule has 3 aromatic rings. The number of hydrogen-bond donors (Lipinski definition) is 2. The van der Waals surface area contributed by atoms with Crippen molar-refractivity contribution < 1.29 is 4.92 Å². The summed E-state index contributed by atoms with van der Waals surface area (Å²) in [5.41, 5.74) is 1.61. The van der Waals surface area contributed by atoms with E-state index < -0.39 is 4.92 Å². The average Bonchev–Trinajstić information content (AvgIpc) is 2.68. The van der Waals surface area contributed by atoms with Crippen LogP contribution in [0.25, 0.3) is 0 Å². The zero-order chi connectivity index (χ0) is 19.2. The Hall–Kier alpha value is -3.19. The summed E-state index contributed by atoms with van der Waals surface area (Å²) in [5.74, 6) is 0.297. The third-order valence-corrected chi connectivity index (χ3v) is 4.43. The number of nitrogens with one attached hydrogen (secondary N) is 2. The molecule has 138 valence electrons. The lowest BCUT2D eigenvalue weighted by atomic mass is 10.1. The molecule has 0 aliphatic heterocycles. The highest BCUT2D eigenvalue weighted by Crippen LogP contribution is 2.32. The Morgan fingerprint density at radius 2 is 1.74 bits per heavy atom. The summed E-state index contributed by atoms with van der Waals surface area (Å²) >= 11 is 6.14. The van der Waals surface area contributed by atoms with Gasteiger partial charge in [0.25, 0.3) is 0 Å². The minimum atomic E-state index is -0.491. The van der Waals surface area contributed by atoms with Crippen molar-refractivity contribution in [3.63, 3.8) is 0 Å². The predicted octanol–water partition coefficient (Wildman–Crippen LogP) is 4.82. The predicted molar refractivity (Wildman–Crippen MR) is 106 cm³/mol. The molecule has 1 aromatic heterocycles. The minimum absolute atomic E-state index is 0.137. The molecule has 7 nitrogen and oxygen atoms in total. The van der Waals surface area contributed by atoms with Gasteiger partial charge in [-0.1, -0.05) is 60.1 Å². The van der Waals surface area contributed by atoms with E-state index in [1.807, 2.05) is 55.5 Å². The summed E-state index contributed by atoms with van der Waals surface area (Å²) in [4.78, 5) is 19.3. The van der Waals surface area contributed by atoms with E-state index in [2.05, 4.69) is 20.6 Å². The quantitative estimate of drug-likeness (QED) is 0.448. The van der Waals surface area contributed by atoms with Crippen LogP contribution in [0.2, 0.25) is 5.02 Å². The van der Waals surface area contributed by atoms with Gasteiger partial charge in [0, 0.05) is 11.6 Å². The highest BCUT2D eigenvalue weighted by Gasteiger charge is 2.24. The van der Waals surface area contributed by atoms with Gasteiger partial charge in [0.2, 0.25) is 11.6 Å². The van der Waals surface area contributed by atoms with Crippen LogP contribution in [-0.2, 0) is 6.54 Å². The number of nitrogens with zero attached hydrogens (tertiary/aromatic N) is 3. The largest absolute Gasteiger partial charge is 0.360 e. The second-order valence-corrected chi connectivity index (χ2v) is 6.31. The molecule has 0 amide bonds. The molecule has 0 aliphatic rings. The maximum Gasteiger partial charge on any atom is 0.353 e. The molecule has 0 spiro atoms. The van der Waals surface area contributed by atoms with Crippen molar-refractivity contribution in [1.82, 2.24) is 9.97 Å². The fourth-order valence-electron chi connectivity index (χ4n) is 2.64. The SMILES string of the molecule is CC(Nc1ncnc(NCc2ccccc2Cl)c1[N+](=O)[O-])c1ccccc1. The van der Waals surface area contributed by atoms with Crippen LogP contribution in [0, 0.1) is 10.1 Å². The molecule has 0 saturated heterocycles. The molecule has 2 N–H and O–H groups in total. The van der Waals surface area contributed by atoms with Gasteiger partial charge < -0.3 is 10.6 Å². The lowest BCUT2D eigenvalue weighted by molar-refractivity contribution is -0.383. The first kappa shape index (κ1) is 18.6. The van der Waals surface area contributed by atoms with Gasteiger partial charge in [-0.15, -0.1) is 0 Å². The maximum atomic E-state index is 11.7. The van der Waals surface area contributed by atoms with Crippen LogP contribution in [0.3, 0.4) is 0 Å². The standard InChI is InChI=1S/C19H18ClN5O2/c1-13(14-7-3-2-4-8-14)24-19-17(25(26)27)18(22-12-23-19)21-11-15-9-5-6-10-16(15)20/h2-10,12-13H,11H2,1H3,(H2,21,22,23,24). The van der Waals surface area contributed by atoms with Gasteiger partial charge in [-0.3, -0.25) is 10.1 Å². The molecule has 1 heterocycles. The maximum absolute atomic E-state index is 11.7. The van der Waals surface area contributed by atoms with E-state index in [1.54, 1.807) is 6.07 Å².